The Balaban J connectivity index is 1.41. The van der Waals surface area contributed by atoms with Crippen LogP contribution >= 0.6 is 11.3 Å². The van der Waals surface area contributed by atoms with Gasteiger partial charge in [-0.3, -0.25) is 9.78 Å². The van der Waals surface area contributed by atoms with E-state index in [1.807, 2.05) is 34.9 Å². The molecule has 0 radical (unpaired) electrons. The van der Waals surface area contributed by atoms with Gasteiger partial charge in [0.25, 0.3) is 5.91 Å². The van der Waals surface area contributed by atoms with Gasteiger partial charge in [0.2, 0.25) is 0 Å². The minimum absolute atomic E-state index is 0.0184. The molecule has 3 aromatic heterocycles. The van der Waals surface area contributed by atoms with E-state index in [0.29, 0.717) is 11.6 Å². The van der Waals surface area contributed by atoms with Crippen LogP contribution in [0.1, 0.15) is 40.8 Å². The number of hydrogen-bond donors (Lipinski definition) is 0. The van der Waals surface area contributed by atoms with E-state index >= 15 is 0 Å². The van der Waals surface area contributed by atoms with E-state index < -0.39 is 0 Å². The topological polar surface area (TPSA) is 63.9 Å². The minimum Gasteiger partial charge on any atom is -0.337 e. The maximum Gasteiger partial charge on any atom is 0.272 e. The fraction of sp³-hybridized carbons (Fsp3) is 0.333. The van der Waals surface area contributed by atoms with Gasteiger partial charge in [-0.25, -0.2) is 9.97 Å². The van der Waals surface area contributed by atoms with Crippen molar-refractivity contribution in [3.8, 4) is 0 Å². The summed E-state index contributed by atoms with van der Waals surface area (Å²) in [5, 5.41) is 2.07. The Morgan fingerprint density at radius 1 is 1.16 bits per heavy atom. The van der Waals surface area contributed by atoms with Crippen molar-refractivity contribution in [2.75, 3.05) is 13.1 Å². The van der Waals surface area contributed by atoms with Crippen molar-refractivity contribution < 1.29 is 4.79 Å². The number of amides is 1. The number of hydrogen-bond acceptors (Lipinski definition) is 5. The highest BCUT2D eigenvalue weighted by Gasteiger charge is 2.27. The first kappa shape index (κ1) is 16.0. The Morgan fingerprint density at radius 2 is 2.04 bits per heavy atom. The van der Waals surface area contributed by atoms with Gasteiger partial charge >= 0.3 is 0 Å². The van der Waals surface area contributed by atoms with Crippen molar-refractivity contribution in [2.24, 2.45) is 0 Å². The van der Waals surface area contributed by atoms with Gasteiger partial charge in [0, 0.05) is 43.0 Å². The van der Waals surface area contributed by atoms with Gasteiger partial charge < -0.3 is 9.47 Å². The molecule has 1 aliphatic heterocycles. The van der Waals surface area contributed by atoms with Crippen molar-refractivity contribution in [1.82, 2.24) is 24.4 Å². The van der Waals surface area contributed by atoms with Crippen LogP contribution in [0.25, 0.3) is 0 Å². The first-order valence-electron chi connectivity index (χ1n) is 8.39. The van der Waals surface area contributed by atoms with Crippen LogP contribution in [-0.2, 0) is 6.54 Å². The number of rotatable bonds is 4. The molecular weight excluding hydrogens is 334 g/mol. The summed E-state index contributed by atoms with van der Waals surface area (Å²) in [6, 6.07) is 5.45. The molecule has 25 heavy (non-hydrogen) atoms. The van der Waals surface area contributed by atoms with Gasteiger partial charge in [0.05, 0.1) is 17.7 Å². The van der Waals surface area contributed by atoms with Gasteiger partial charge in [-0.1, -0.05) is 6.07 Å². The molecule has 128 valence electrons. The van der Waals surface area contributed by atoms with E-state index in [9.17, 15) is 4.79 Å². The molecule has 1 aliphatic rings. The summed E-state index contributed by atoms with van der Waals surface area (Å²) in [7, 11) is 0. The van der Waals surface area contributed by atoms with Gasteiger partial charge in [-0.05, 0) is 25.0 Å². The van der Waals surface area contributed by atoms with E-state index in [-0.39, 0.29) is 5.91 Å². The second kappa shape index (κ2) is 7.14. The number of imidazole rings is 1. The number of thiazole rings is 1. The zero-order valence-corrected chi connectivity index (χ0v) is 14.6. The van der Waals surface area contributed by atoms with Crippen LogP contribution in [0.5, 0.6) is 0 Å². The van der Waals surface area contributed by atoms with Crippen LogP contribution in [0.15, 0.2) is 47.7 Å². The monoisotopic (exact) mass is 353 g/mol. The lowest BCUT2D eigenvalue weighted by atomic mass is 9.95. The smallest absolute Gasteiger partial charge is 0.272 e. The summed E-state index contributed by atoms with van der Waals surface area (Å²) in [4.78, 5) is 27.5. The number of pyridine rings is 1. The highest BCUT2D eigenvalue weighted by atomic mass is 32.1. The van der Waals surface area contributed by atoms with E-state index in [1.54, 1.807) is 23.6 Å². The predicted octanol–water partition coefficient (Wildman–Crippen LogP) is 2.80. The first-order chi connectivity index (χ1) is 12.3. The average Bonchev–Trinajstić information content (AvgIpc) is 3.34. The fourth-order valence-corrected chi connectivity index (χ4v) is 3.85. The molecule has 0 aliphatic carbocycles. The van der Waals surface area contributed by atoms with E-state index in [4.69, 9.17) is 0 Å². The lowest BCUT2D eigenvalue weighted by Gasteiger charge is -2.31. The molecule has 3 aromatic rings. The van der Waals surface area contributed by atoms with Crippen LogP contribution in [0.4, 0.5) is 0 Å². The number of nitrogens with zero attached hydrogens (tertiary/aromatic N) is 5. The second-order valence-corrected chi connectivity index (χ2v) is 6.89. The number of aromatic nitrogens is 4. The molecular formula is C18H19N5OS. The number of carbonyl (C=O) groups excluding carboxylic acids is 1. The lowest BCUT2D eigenvalue weighted by Crippen LogP contribution is -2.38. The number of likely N-dealkylation sites (tertiary alicyclic amines) is 1. The van der Waals surface area contributed by atoms with Gasteiger partial charge in [-0.2, -0.15) is 0 Å². The minimum atomic E-state index is 0.0184. The van der Waals surface area contributed by atoms with Crippen LogP contribution < -0.4 is 0 Å². The number of piperidine rings is 1. The fourth-order valence-electron chi connectivity index (χ4n) is 3.30. The normalized spacial score (nSPS) is 15.4. The Labute approximate surface area is 150 Å². The first-order valence-corrected chi connectivity index (χ1v) is 9.34. The third-order valence-electron chi connectivity index (χ3n) is 4.59. The summed E-state index contributed by atoms with van der Waals surface area (Å²) in [6.45, 7) is 2.24. The third-order valence-corrected chi connectivity index (χ3v) is 5.23. The van der Waals surface area contributed by atoms with Crippen molar-refractivity contribution in [1.29, 1.82) is 0 Å². The molecule has 1 saturated heterocycles. The predicted molar refractivity (Wildman–Crippen MR) is 95.6 cm³/mol. The number of carbonyl (C=O) groups is 1. The maximum absolute atomic E-state index is 12.5. The van der Waals surface area contributed by atoms with Crippen molar-refractivity contribution in [2.45, 2.75) is 25.3 Å². The molecule has 0 spiro atoms. The largest absolute Gasteiger partial charge is 0.337 e. The summed E-state index contributed by atoms with van der Waals surface area (Å²) in [6.07, 6.45) is 7.38. The molecule has 0 bridgehead atoms. The summed E-state index contributed by atoms with van der Waals surface area (Å²) in [5.41, 5.74) is 3.44. The summed E-state index contributed by atoms with van der Waals surface area (Å²) < 4.78 is 2.18. The highest BCUT2D eigenvalue weighted by molar-refractivity contribution is 7.07. The van der Waals surface area contributed by atoms with Crippen molar-refractivity contribution in [3.63, 3.8) is 0 Å². The van der Waals surface area contributed by atoms with Crippen LogP contribution in [0.2, 0.25) is 0 Å². The molecule has 0 aromatic carbocycles. The Kier molecular flexibility index (Phi) is 4.56. The SMILES string of the molecule is O=C(c1ccccn1)N1CCC(c2nccn2Cc2cscn2)CC1. The zero-order valence-electron chi connectivity index (χ0n) is 13.8. The Morgan fingerprint density at radius 3 is 2.76 bits per heavy atom. The third kappa shape index (κ3) is 3.46. The quantitative estimate of drug-likeness (QED) is 0.723. The standard InChI is InChI=1S/C18H19N5OS/c24-18(16-3-1-2-6-19-16)22-8-4-14(5-9-22)17-20-7-10-23(17)11-15-12-25-13-21-15/h1-3,6-7,10,12-14H,4-5,8-9,11H2. The van der Waals surface area contributed by atoms with Crippen molar-refractivity contribution >= 4 is 17.2 Å². The highest BCUT2D eigenvalue weighted by Crippen LogP contribution is 2.28. The average molecular weight is 353 g/mol. The Hall–Kier alpha value is -2.54. The van der Waals surface area contributed by atoms with Crippen molar-refractivity contribution in [3.05, 3.63) is 64.9 Å². The second-order valence-electron chi connectivity index (χ2n) is 6.17. The molecule has 7 heteroatoms. The molecule has 4 rings (SSSR count). The zero-order chi connectivity index (χ0) is 17.1. The molecule has 6 nitrogen and oxygen atoms in total. The molecule has 1 fully saturated rings. The summed E-state index contributed by atoms with van der Waals surface area (Å²) >= 11 is 1.61. The van der Waals surface area contributed by atoms with Gasteiger partial charge in [-0.15, -0.1) is 11.3 Å². The lowest BCUT2D eigenvalue weighted by molar-refractivity contribution is 0.0704. The van der Waals surface area contributed by atoms with Crippen LogP contribution in [0, 0.1) is 0 Å². The molecule has 0 N–H and O–H groups in total. The molecule has 0 unspecified atom stereocenters. The molecule has 0 atom stereocenters. The van der Waals surface area contributed by atoms with Crippen LogP contribution in [0.3, 0.4) is 0 Å². The molecule has 4 heterocycles. The Bertz CT molecular complexity index is 822. The van der Waals surface area contributed by atoms with E-state index in [0.717, 1.165) is 44.0 Å². The molecule has 1 amide bonds. The summed E-state index contributed by atoms with van der Waals surface area (Å²) in [5.74, 6) is 1.49. The maximum atomic E-state index is 12.5. The van der Waals surface area contributed by atoms with Crippen LogP contribution in [-0.4, -0.2) is 43.4 Å². The van der Waals surface area contributed by atoms with Gasteiger partial charge in [0.15, 0.2) is 0 Å². The molecule has 0 saturated carbocycles. The van der Waals surface area contributed by atoms with Gasteiger partial charge in [0.1, 0.15) is 11.5 Å². The van der Waals surface area contributed by atoms with E-state index in [1.165, 1.54) is 0 Å². The van der Waals surface area contributed by atoms with E-state index in [2.05, 4.69) is 24.9 Å².